The van der Waals surface area contributed by atoms with Crippen LogP contribution >= 0.6 is 0 Å². The molecule has 2 aliphatic rings. The average molecular weight is 318 g/mol. The molecule has 3 unspecified atom stereocenters. The number of nitrogens with one attached hydrogen (secondary N) is 1. The number of rotatable bonds is 3. The van der Waals surface area contributed by atoms with Crippen molar-refractivity contribution in [2.24, 2.45) is 0 Å². The summed E-state index contributed by atoms with van der Waals surface area (Å²) < 4.78 is 27.4. The van der Waals surface area contributed by atoms with Crippen molar-refractivity contribution in [1.29, 1.82) is 0 Å². The molecule has 0 saturated carbocycles. The Morgan fingerprint density at radius 1 is 1.30 bits per heavy atom. The molecule has 1 aromatic rings. The zero-order valence-corrected chi connectivity index (χ0v) is 13.7. The highest BCUT2D eigenvalue weighted by molar-refractivity contribution is 5.38. The highest BCUT2D eigenvalue weighted by Gasteiger charge is 2.31. The summed E-state index contributed by atoms with van der Waals surface area (Å²) in [5.74, 6) is -0.231. The molecule has 1 aromatic carbocycles. The number of alkyl halides is 1. The van der Waals surface area contributed by atoms with Crippen LogP contribution in [-0.4, -0.2) is 36.2 Å². The summed E-state index contributed by atoms with van der Waals surface area (Å²) in [6, 6.07) is 7.09. The molecule has 0 aromatic heterocycles. The van der Waals surface area contributed by atoms with Crippen molar-refractivity contribution in [3.8, 4) is 0 Å². The van der Waals surface area contributed by atoms with Gasteiger partial charge in [-0.15, -0.1) is 0 Å². The van der Waals surface area contributed by atoms with Crippen LogP contribution in [0.2, 0.25) is 0 Å². The maximum Gasteiger partial charge on any atom is 0.130 e. The van der Waals surface area contributed by atoms with Crippen LogP contribution in [0.15, 0.2) is 48.1 Å². The Kier molecular flexibility index (Phi) is 4.64. The number of hydrogen-bond acceptors (Lipinski definition) is 2. The minimum Gasteiger partial charge on any atom is -0.314 e. The molecule has 3 rings (SSSR count). The Morgan fingerprint density at radius 3 is 2.65 bits per heavy atom. The van der Waals surface area contributed by atoms with E-state index < -0.39 is 5.67 Å². The van der Waals surface area contributed by atoms with Gasteiger partial charge in [0.25, 0.3) is 0 Å². The largest absolute Gasteiger partial charge is 0.314 e. The maximum atomic E-state index is 14.1. The van der Waals surface area contributed by atoms with Crippen LogP contribution in [-0.2, 0) is 0 Å². The molecule has 1 aliphatic carbocycles. The lowest BCUT2D eigenvalue weighted by molar-refractivity contribution is 0.135. The molecule has 2 nitrogen and oxygen atoms in total. The normalized spacial score (nSPS) is 30.1. The first kappa shape index (κ1) is 16.3. The number of hydrogen-bond donors (Lipinski definition) is 1. The molecular formula is C19H24F2N2. The Labute approximate surface area is 136 Å². The zero-order valence-electron chi connectivity index (χ0n) is 13.7. The van der Waals surface area contributed by atoms with Gasteiger partial charge in [-0.2, -0.15) is 0 Å². The number of halogens is 2. The van der Waals surface area contributed by atoms with Crippen LogP contribution in [0.3, 0.4) is 0 Å². The Bertz CT molecular complexity index is 604. The van der Waals surface area contributed by atoms with Gasteiger partial charge in [0.15, 0.2) is 0 Å². The molecule has 1 saturated heterocycles. The van der Waals surface area contributed by atoms with Crippen molar-refractivity contribution in [3.05, 3.63) is 59.4 Å². The van der Waals surface area contributed by atoms with Crippen LogP contribution in [0.25, 0.3) is 0 Å². The van der Waals surface area contributed by atoms with Gasteiger partial charge in [-0.25, -0.2) is 8.78 Å². The van der Waals surface area contributed by atoms with Gasteiger partial charge in [0.2, 0.25) is 0 Å². The molecule has 0 radical (unpaired) electrons. The molecule has 23 heavy (non-hydrogen) atoms. The van der Waals surface area contributed by atoms with E-state index in [1.165, 1.54) is 12.1 Å². The lowest BCUT2D eigenvalue weighted by Crippen LogP contribution is -2.51. The molecule has 0 bridgehead atoms. The van der Waals surface area contributed by atoms with E-state index in [0.717, 1.165) is 30.8 Å². The topological polar surface area (TPSA) is 15.3 Å². The van der Waals surface area contributed by atoms with Gasteiger partial charge in [0.05, 0.1) is 6.04 Å². The second-order valence-corrected chi connectivity index (χ2v) is 6.76. The van der Waals surface area contributed by atoms with Gasteiger partial charge in [-0.1, -0.05) is 24.3 Å². The molecule has 1 N–H and O–H groups in total. The summed E-state index contributed by atoms with van der Waals surface area (Å²) in [6.07, 6.45) is 5.91. The van der Waals surface area contributed by atoms with Crippen molar-refractivity contribution >= 4 is 0 Å². The summed E-state index contributed by atoms with van der Waals surface area (Å²) >= 11 is 0. The summed E-state index contributed by atoms with van der Waals surface area (Å²) in [4.78, 5) is 2.42. The number of nitrogens with zero attached hydrogens (tertiary/aromatic N) is 1. The Balaban J connectivity index is 1.95. The van der Waals surface area contributed by atoms with E-state index in [-0.39, 0.29) is 11.9 Å². The standard InChI is InChI=1S/C19H24F2N2/c1-14-13-22-11-12-23(14)18(15-3-5-17(20)6-4-15)16-7-9-19(2,21)10-8-16/h3-9,14,18,22H,10-13H2,1-2H3. The highest BCUT2D eigenvalue weighted by Crippen LogP contribution is 2.36. The van der Waals surface area contributed by atoms with Crippen molar-refractivity contribution < 1.29 is 8.78 Å². The SMILES string of the molecule is CC1CNCCN1C(C1=CCC(C)(F)C=C1)c1ccc(F)cc1. The van der Waals surface area contributed by atoms with Crippen LogP contribution in [0.5, 0.6) is 0 Å². The minimum absolute atomic E-state index is 0.0417. The third-order valence-corrected chi connectivity index (χ3v) is 4.75. The summed E-state index contributed by atoms with van der Waals surface area (Å²) in [5, 5.41) is 3.40. The fourth-order valence-electron chi connectivity index (χ4n) is 3.39. The first-order valence-electron chi connectivity index (χ1n) is 8.26. The first-order chi connectivity index (χ1) is 11.0. The zero-order chi connectivity index (χ0) is 16.4. The van der Waals surface area contributed by atoms with E-state index >= 15 is 0 Å². The van der Waals surface area contributed by atoms with E-state index in [4.69, 9.17) is 0 Å². The summed E-state index contributed by atoms with van der Waals surface area (Å²) in [5.41, 5.74) is 0.880. The van der Waals surface area contributed by atoms with E-state index in [1.54, 1.807) is 13.0 Å². The van der Waals surface area contributed by atoms with E-state index in [1.807, 2.05) is 24.3 Å². The molecule has 124 valence electrons. The van der Waals surface area contributed by atoms with E-state index in [9.17, 15) is 8.78 Å². The molecule has 1 heterocycles. The third-order valence-electron chi connectivity index (χ3n) is 4.75. The van der Waals surface area contributed by atoms with Gasteiger partial charge in [0.1, 0.15) is 11.5 Å². The molecule has 1 fully saturated rings. The first-order valence-corrected chi connectivity index (χ1v) is 8.26. The molecule has 3 atom stereocenters. The fraction of sp³-hybridized carbons (Fsp3) is 0.474. The minimum atomic E-state index is -1.27. The molecule has 0 spiro atoms. The van der Waals surface area contributed by atoms with Gasteiger partial charge in [0, 0.05) is 32.1 Å². The average Bonchev–Trinajstić information content (AvgIpc) is 2.52. The van der Waals surface area contributed by atoms with Crippen molar-refractivity contribution in [2.45, 2.75) is 38.0 Å². The van der Waals surface area contributed by atoms with Crippen LogP contribution in [0.4, 0.5) is 8.78 Å². The van der Waals surface area contributed by atoms with Gasteiger partial charge in [-0.3, -0.25) is 4.90 Å². The fourth-order valence-corrected chi connectivity index (χ4v) is 3.39. The van der Waals surface area contributed by atoms with Gasteiger partial charge in [-0.05, 0) is 43.2 Å². The predicted octanol–water partition coefficient (Wildman–Crippen LogP) is 3.78. The molecular weight excluding hydrogens is 294 g/mol. The third kappa shape index (κ3) is 3.70. The lowest BCUT2D eigenvalue weighted by Gasteiger charge is -2.41. The van der Waals surface area contributed by atoms with Gasteiger partial charge < -0.3 is 5.32 Å². The summed E-state index contributed by atoms with van der Waals surface area (Å²) in [6.45, 7) is 6.56. The summed E-state index contributed by atoms with van der Waals surface area (Å²) in [7, 11) is 0. The van der Waals surface area contributed by atoms with E-state index in [2.05, 4.69) is 17.1 Å². The van der Waals surface area contributed by atoms with Crippen LogP contribution in [0, 0.1) is 5.82 Å². The maximum absolute atomic E-state index is 14.1. The van der Waals surface area contributed by atoms with Crippen LogP contribution < -0.4 is 5.32 Å². The second-order valence-electron chi connectivity index (χ2n) is 6.76. The molecule has 4 heteroatoms. The Hall–Kier alpha value is -1.52. The number of piperazine rings is 1. The highest BCUT2D eigenvalue weighted by atomic mass is 19.1. The van der Waals surface area contributed by atoms with Crippen LogP contribution in [0.1, 0.15) is 31.9 Å². The van der Waals surface area contributed by atoms with Crippen molar-refractivity contribution in [2.75, 3.05) is 19.6 Å². The molecule has 0 amide bonds. The molecule has 1 aliphatic heterocycles. The number of allylic oxidation sites excluding steroid dienone is 2. The van der Waals surface area contributed by atoms with Crippen molar-refractivity contribution in [1.82, 2.24) is 10.2 Å². The second kappa shape index (κ2) is 6.54. The predicted molar refractivity (Wildman–Crippen MR) is 89.5 cm³/mol. The lowest BCUT2D eigenvalue weighted by atomic mass is 9.87. The quantitative estimate of drug-likeness (QED) is 0.912. The van der Waals surface area contributed by atoms with Gasteiger partial charge >= 0.3 is 0 Å². The Morgan fingerprint density at radius 2 is 2.04 bits per heavy atom. The number of benzene rings is 1. The smallest absolute Gasteiger partial charge is 0.130 e. The monoisotopic (exact) mass is 318 g/mol. The van der Waals surface area contributed by atoms with E-state index in [0.29, 0.717) is 12.5 Å². The van der Waals surface area contributed by atoms with Crippen molar-refractivity contribution in [3.63, 3.8) is 0 Å².